The summed E-state index contributed by atoms with van der Waals surface area (Å²) in [6.45, 7) is 0. The summed E-state index contributed by atoms with van der Waals surface area (Å²) in [5.74, 6) is 0. The molecule has 18 heavy (non-hydrogen) atoms. The van der Waals surface area contributed by atoms with Crippen molar-refractivity contribution in [1.29, 1.82) is 0 Å². The van der Waals surface area contributed by atoms with Crippen molar-refractivity contribution >= 4 is 11.9 Å². The molecule has 3 aromatic heterocycles. The summed E-state index contributed by atoms with van der Waals surface area (Å²) in [6, 6.07) is 3.82. The van der Waals surface area contributed by atoms with Crippen LogP contribution in [0.25, 0.3) is 16.8 Å². The molecule has 0 aromatic carbocycles. The molecule has 3 aromatic rings. The largest absolute Gasteiger partial charge is 0.411 e. The van der Waals surface area contributed by atoms with Crippen molar-refractivity contribution in [2.24, 2.45) is 5.16 Å². The molecule has 3 rings (SSSR count). The first kappa shape index (κ1) is 10.4. The number of nitrogens with zero attached hydrogens (tertiary/aromatic N) is 5. The van der Waals surface area contributed by atoms with Crippen LogP contribution < -0.4 is 0 Å². The molecule has 6 heteroatoms. The van der Waals surface area contributed by atoms with Gasteiger partial charge < -0.3 is 5.21 Å². The molecule has 0 fully saturated rings. The number of hydrogen-bond donors (Lipinski definition) is 1. The Morgan fingerprint density at radius 2 is 2.22 bits per heavy atom. The smallest absolute Gasteiger partial charge is 0.162 e. The SMILES string of the molecule is O/N=C/c1cnc2c(-c3cccnc3)cnn2c1. The van der Waals surface area contributed by atoms with Gasteiger partial charge in [-0.15, -0.1) is 0 Å². The standard InChI is InChI=1S/C12H9N5O/c18-16-5-9-4-14-12-11(7-15-17(12)8-9)10-2-1-3-13-6-10/h1-8,18H/b16-5+. The zero-order valence-corrected chi connectivity index (χ0v) is 9.30. The highest BCUT2D eigenvalue weighted by atomic mass is 16.4. The van der Waals surface area contributed by atoms with Gasteiger partial charge in [-0.1, -0.05) is 11.2 Å². The van der Waals surface area contributed by atoms with Gasteiger partial charge in [-0.05, 0) is 6.07 Å². The second kappa shape index (κ2) is 4.25. The predicted molar refractivity (Wildman–Crippen MR) is 65.6 cm³/mol. The molecule has 0 radical (unpaired) electrons. The second-order valence-electron chi connectivity index (χ2n) is 3.70. The maximum absolute atomic E-state index is 8.48. The van der Waals surface area contributed by atoms with Crippen LogP contribution in [0, 0.1) is 0 Å². The molecule has 3 heterocycles. The number of rotatable bonds is 2. The van der Waals surface area contributed by atoms with E-state index in [4.69, 9.17) is 5.21 Å². The van der Waals surface area contributed by atoms with Crippen LogP contribution in [0.15, 0.2) is 48.3 Å². The predicted octanol–water partition coefficient (Wildman–Crippen LogP) is 1.60. The van der Waals surface area contributed by atoms with Crippen molar-refractivity contribution in [2.45, 2.75) is 0 Å². The van der Waals surface area contributed by atoms with E-state index < -0.39 is 0 Å². The monoisotopic (exact) mass is 239 g/mol. The molecule has 0 amide bonds. The minimum atomic E-state index is 0.672. The van der Waals surface area contributed by atoms with Crippen LogP contribution in [0.4, 0.5) is 0 Å². The summed E-state index contributed by atoms with van der Waals surface area (Å²) in [7, 11) is 0. The van der Waals surface area contributed by atoms with E-state index in [1.807, 2.05) is 12.1 Å². The minimum Gasteiger partial charge on any atom is -0.411 e. The van der Waals surface area contributed by atoms with Crippen molar-refractivity contribution in [3.63, 3.8) is 0 Å². The van der Waals surface area contributed by atoms with Crippen molar-refractivity contribution in [3.05, 3.63) is 48.7 Å². The first-order valence-electron chi connectivity index (χ1n) is 5.30. The molecule has 88 valence electrons. The lowest BCUT2D eigenvalue weighted by Crippen LogP contribution is -1.94. The summed E-state index contributed by atoms with van der Waals surface area (Å²) in [5, 5.41) is 15.7. The molecule has 0 atom stereocenters. The molecule has 0 aliphatic rings. The van der Waals surface area contributed by atoms with E-state index >= 15 is 0 Å². The van der Waals surface area contributed by atoms with Gasteiger partial charge in [0.25, 0.3) is 0 Å². The van der Waals surface area contributed by atoms with Crippen LogP contribution >= 0.6 is 0 Å². The van der Waals surface area contributed by atoms with Crippen LogP contribution in [-0.2, 0) is 0 Å². The van der Waals surface area contributed by atoms with Crippen LogP contribution in [0.5, 0.6) is 0 Å². The van der Waals surface area contributed by atoms with Gasteiger partial charge in [-0.3, -0.25) is 4.98 Å². The summed E-state index contributed by atoms with van der Waals surface area (Å²) in [6.07, 6.45) is 9.88. The fraction of sp³-hybridized carbons (Fsp3) is 0. The van der Waals surface area contributed by atoms with Gasteiger partial charge in [-0.2, -0.15) is 5.10 Å². The highest BCUT2D eigenvalue weighted by Gasteiger charge is 2.07. The first-order chi connectivity index (χ1) is 8.88. The van der Waals surface area contributed by atoms with Crippen molar-refractivity contribution in [2.75, 3.05) is 0 Å². The van der Waals surface area contributed by atoms with E-state index in [9.17, 15) is 0 Å². The summed E-state index contributed by atoms with van der Waals surface area (Å²) >= 11 is 0. The Hall–Kier alpha value is -2.76. The number of aromatic nitrogens is 4. The number of fused-ring (bicyclic) bond motifs is 1. The average Bonchev–Trinajstić information content (AvgIpc) is 2.83. The zero-order valence-electron chi connectivity index (χ0n) is 9.30. The topological polar surface area (TPSA) is 75.7 Å². The normalized spacial score (nSPS) is 11.3. The Morgan fingerprint density at radius 1 is 1.28 bits per heavy atom. The van der Waals surface area contributed by atoms with Crippen LogP contribution in [-0.4, -0.2) is 31.0 Å². The number of hydrogen-bond acceptors (Lipinski definition) is 5. The molecular weight excluding hydrogens is 230 g/mol. The Labute approximate surface area is 102 Å². The van der Waals surface area contributed by atoms with Gasteiger partial charge in [0.05, 0.1) is 12.4 Å². The molecule has 0 saturated heterocycles. The lowest BCUT2D eigenvalue weighted by atomic mass is 10.1. The Balaban J connectivity index is 2.16. The van der Waals surface area contributed by atoms with Gasteiger partial charge in [0, 0.05) is 41.5 Å². The number of pyridine rings is 1. The quantitative estimate of drug-likeness (QED) is 0.418. The second-order valence-corrected chi connectivity index (χ2v) is 3.70. The van der Waals surface area contributed by atoms with Crippen LogP contribution in [0.3, 0.4) is 0 Å². The van der Waals surface area contributed by atoms with Gasteiger partial charge in [0.15, 0.2) is 5.65 Å². The first-order valence-corrected chi connectivity index (χ1v) is 5.30. The van der Waals surface area contributed by atoms with Crippen molar-refractivity contribution < 1.29 is 5.21 Å². The third-order valence-corrected chi connectivity index (χ3v) is 2.56. The summed E-state index contributed by atoms with van der Waals surface area (Å²) in [4.78, 5) is 8.38. The molecule has 0 bridgehead atoms. The van der Waals surface area contributed by atoms with Crippen LogP contribution in [0.1, 0.15) is 5.56 Å². The molecule has 0 saturated carbocycles. The van der Waals surface area contributed by atoms with E-state index in [1.165, 1.54) is 6.21 Å². The Bertz CT molecular complexity index is 705. The van der Waals surface area contributed by atoms with E-state index in [2.05, 4.69) is 20.2 Å². The Kier molecular flexibility index (Phi) is 2.45. The fourth-order valence-corrected chi connectivity index (χ4v) is 1.75. The highest BCUT2D eigenvalue weighted by Crippen LogP contribution is 2.21. The lowest BCUT2D eigenvalue weighted by Gasteiger charge is -1.98. The third-order valence-electron chi connectivity index (χ3n) is 2.56. The average molecular weight is 239 g/mol. The molecule has 0 spiro atoms. The van der Waals surface area contributed by atoms with Gasteiger partial charge in [-0.25, -0.2) is 9.50 Å². The lowest BCUT2D eigenvalue weighted by molar-refractivity contribution is 0.322. The highest BCUT2D eigenvalue weighted by molar-refractivity contribution is 5.80. The fourth-order valence-electron chi connectivity index (χ4n) is 1.75. The van der Waals surface area contributed by atoms with E-state index in [-0.39, 0.29) is 0 Å². The molecule has 0 aliphatic heterocycles. The van der Waals surface area contributed by atoms with Gasteiger partial charge in [0.1, 0.15) is 0 Å². The maximum Gasteiger partial charge on any atom is 0.162 e. The molecule has 1 N–H and O–H groups in total. The summed E-state index contributed by atoms with van der Waals surface area (Å²) < 4.78 is 1.64. The molecule has 0 aliphatic carbocycles. The van der Waals surface area contributed by atoms with E-state index in [0.29, 0.717) is 5.56 Å². The van der Waals surface area contributed by atoms with Crippen molar-refractivity contribution in [3.8, 4) is 11.1 Å². The molecule has 6 nitrogen and oxygen atoms in total. The summed E-state index contributed by atoms with van der Waals surface area (Å²) in [5.41, 5.74) is 3.28. The molecule has 0 unspecified atom stereocenters. The third kappa shape index (κ3) is 1.69. The number of oxime groups is 1. The van der Waals surface area contributed by atoms with E-state index in [0.717, 1.165) is 16.8 Å². The van der Waals surface area contributed by atoms with E-state index in [1.54, 1.807) is 35.5 Å². The van der Waals surface area contributed by atoms with Gasteiger partial charge >= 0.3 is 0 Å². The molecular formula is C12H9N5O. The Morgan fingerprint density at radius 3 is 3.00 bits per heavy atom. The minimum absolute atomic E-state index is 0.672. The zero-order chi connectivity index (χ0) is 12.4. The maximum atomic E-state index is 8.48. The van der Waals surface area contributed by atoms with Crippen LogP contribution in [0.2, 0.25) is 0 Å². The van der Waals surface area contributed by atoms with Crippen molar-refractivity contribution in [1.82, 2.24) is 19.6 Å². The van der Waals surface area contributed by atoms with Gasteiger partial charge in [0.2, 0.25) is 0 Å².